The summed E-state index contributed by atoms with van der Waals surface area (Å²) >= 11 is 0. The van der Waals surface area contributed by atoms with E-state index < -0.39 is 0 Å². The summed E-state index contributed by atoms with van der Waals surface area (Å²) in [4.78, 5) is 2.53. The summed E-state index contributed by atoms with van der Waals surface area (Å²) in [7, 11) is 2.24. The molecule has 4 heteroatoms. The van der Waals surface area contributed by atoms with Crippen molar-refractivity contribution in [1.29, 1.82) is 5.26 Å². The predicted molar refractivity (Wildman–Crippen MR) is 80.2 cm³/mol. The van der Waals surface area contributed by atoms with Gasteiger partial charge in [-0.2, -0.15) is 5.26 Å². The molecule has 2 bridgehead atoms. The molecule has 0 aromatic heterocycles. The van der Waals surface area contributed by atoms with Crippen LogP contribution in [0.3, 0.4) is 0 Å². The van der Waals surface area contributed by atoms with Crippen molar-refractivity contribution in [3.63, 3.8) is 0 Å². The zero-order valence-electron chi connectivity index (χ0n) is 12.5. The first kappa shape index (κ1) is 14.5. The summed E-state index contributed by atoms with van der Waals surface area (Å²) < 4.78 is 13.3. The molecule has 2 fully saturated rings. The summed E-state index contributed by atoms with van der Waals surface area (Å²) in [6, 6.07) is 8.37. The van der Waals surface area contributed by atoms with Crippen molar-refractivity contribution in [3.8, 4) is 6.07 Å². The third-order valence-electron chi connectivity index (χ3n) is 5.11. The van der Waals surface area contributed by atoms with Crippen LogP contribution in [0.4, 0.5) is 4.39 Å². The highest BCUT2D eigenvalue weighted by molar-refractivity contribution is 5.37. The summed E-state index contributed by atoms with van der Waals surface area (Å²) in [6.07, 6.45) is 6.23. The quantitative estimate of drug-likeness (QED) is 0.929. The number of nitrogens with zero attached hydrogens (tertiary/aromatic N) is 2. The fourth-order valence-corrected chi connectivity index (χ4v) is 3.85. The van der Waals surface area contributed by atoms with E-state index in [1.807, 2.05) is 0 Å². The van der Waals surface area contributed by atoms with Crippen LogP contribution in [-0.4, -0.2) is 30.1 Å². The molecular weight excluding hydrogens is 265 g/mol. The van der Waals surface area contributed by atoms with E-state index in [0.717, 1.165) is 18.4 Å². The Kier molecular flexibility index (Phi) is 4.23. The fourth-order valence-electron chi connectivity index (χ4n) is 3.85. The van der Waals surface area contributed by atoms with Crippen molar-refractivity contribution in [2.24, 2.45) is 0 Å². The summed E-state index contributed by atoms with van der Waals surface area (Å²) in [5.74, 6) is -0.272. The van der Waals surface area contributed by atoms with Gasteiger partial charge in [-0.3, -0.25) is 0 Å². The average molecular weight is 287 g/mol. The third-order valence-corrected chi connectivity index (χ3v) is 5.11. The highest BCUT2D eigenvalue weighted by Crippen LogP contribution is 2.32. The smallest absolute Gasteiger partial charge is 0.123 e. The average Bonchev–Trinajstić information content (AvgIpc) is 2.45. The number of rotatable bonds is 3. The van der Waals surface area contributed by atoms with Crippen LogP contribution in [-0.2, 0) is 6.54 Å². The van der Waals surface area contributed by atoms with E-state index in [9.17, 15) is 4.39 Å². The maximum Gasteiger partial charge on any atom is 0.123 e. The van der Waals surface area contributed by atoms with Gasteiger partial charge in [0.25, 0.3) is 0 Å². The number of hydrogen-bond donors (Lipinski definition) is 1. The number of hydrogen-bond acceptors (Lipinski definition) is 3. The Morgan fingerprint density at radius 1 is 1.33 bits per heavy atom. The maximum absolute atomic E-state index is 13.3. The summed E-state index contributed by atoms with van der Waals surface area (Å²) in [5.41, 5.74) is 1.33. The largest absolute Gasteiger partial charge is 0.310 e. The highest BCUT2D eigenvalue weighted by atomic mass is 19.1. The molecule has 2 atom stereocenters. The van der Waals surface area contributed by atoms with Crippen LogP contribution in [0.5, 0.6) is 0 Å². The lowest BCUT2D eigenvalue weighted by molar-refractivity contribution is 0.0482. The van der Waals surface area contributed by atoms with E-state index in [2.05, 4.69) is 23.3 Å². The number of nitriles is 1. The zero-order chi connectivity index (χ0) is 14.8. The Labute approximate surface area is 125 Å². The summed E-state index contributed by atoms with van der Waals surface area (Å²) in [6.45, 7) is 0.578. The lowest BCUT2D eigenvalue weighted by Gasteiger charge is -2.47. The van der Waals surface area contributed by atoms with Crippen molar-refractivity contribution in [3.05, 3.63) is 35.1 Å². The first-order valence-electron chi connectivity index (χ1n) is 7.81. The van der Waals surface area contributed by atoms with Crippen LogP contribution >= 0.6 is 0 Å². The van der Waals surface area contributed by atoms with E-state index >= 15 is 0 Å². The fraction of sp³-hybridized carbons (Fsp3) is 0.588. The van der Waals surface area contributed by atoms with Gasteiger partial charge in [0, 0.05) is 24.7 Å². The van der Waals surface area contributed by atoms with E-state index in [-0.39, 0.29) is 5.82 Å². The standard InChI is InChI=1S/C17H22FN3/c1-21-16-3-2-4-17(21)9-15(8-16)20-11-13-7-14(18)6-5-12(13)10-19/h5-7,15-17,20H,2-4,8-9,11H2,1H3. The van der Waals surface area contributed by atoms with Crippen molar-refractivity contribution in [2.45, 2.75) is 56.8 Å². The molecule has 0 saturated carbocycles. The van der Waals surface area contributed by atoms with Gasteiger partial charge < -0.3 is 10.2 Å². The Bertz CT molecular complexity index is 537. The van der Waals surface area contributed by atoms with Crippen LogP contribution in [0, 0.1) is 17.1 Å². The van der Waals surface area contributed by atoms with Crippen LogP contribution in [0.25, 0.3) is 0 Å². The molecule has 0 radical (unpaired) electrons. The first-order valence-corrected chi connectivity index (χ1v) is 7.81. The minimum absolute atomic E-state index is 0.272. The molecule has 112 valence electrons. The first-order chi connectivity index (χ1) is 10.2. The monoisotopic (exact) mass is 287 g/mol. The van der Waals surface area contributed by atoms with Crippen molar-refractivity contribution in [1.82, 2.24) is 10.2 Å². The second-order valence-corrected chi connectivity index (χ2v) is 6.37. The number of nitrogens with one attached hydrogen (secondary N) is 1. The highest BCUT2D eigenvalue weighted by Gasteiger charge is 2.35. The van der Waals surface area contributed by atoms with Gasteiger partial charge in [-0.15, -0.1) is 0 Å². The van der Waals surface area contributed by atoms with E-state index in [4.69, 9.17) is 5.26 Å². The van der Waals surface area contributed by atoms with Crippen molar-refractivity contribution in [2.75, 3.05) is 7.05 Å². The lowest BCUT2D eigenvalue weighted by Crippen LogP contribution is -2.54. The van der Waals surface area contributed by atoms with Gasteiger partial charge >= 0.3 is 0 Å². The molecule has 0 amide bonds. The molecule has 0 spiro atoms. The SMILES string of the molecule is CN1C2CCCC1CC(NCc1cc(F)ccc1C#N)C2. The van der Waals surface area contributed by atoms with Gasteiger partial charge in [-0.05, 0) is 56.5 Å². The van der Waals surface area contributed by atoms with E-state index in [1.165, 1.54) is 31.4 Å². The number of benzene rings is 1. The third kappa shape index (κ3) is 3.09. The zero-order valence-corrected chi connectivity index (χ0v) is 12.5. The van der Waals surface area contributed by atoms with Gasteiger partial charge in [0.1, 0.15) is 5.82 Å². The number of fused-ring (bicyclic) bond motifs is 2. The molecule has 2 aliphatic heterocycles. The molecule has 2 aliphatic rings. The van der Waals surface area contributed by atoms with Crippen molar-refractivity contribution < 1.29 is 4.39 Å². The molecule has 1 aromatic rings. The van der Waals surface area contributed by atoms with Gasteiger partial charge in [-0.25, -0.2) is 4.39 Å². The van der Waals surface area contributed by atoms with E-state index in [1.54, 1.807) is 6.07 Å². The Morgan fingerprint density at radius 3 is 2.71 bits per heavy atom. The molecule has 3 rings (SSSR count). The number of halogens is 1. The minimum atomic E-state index is -0.272. The topological polar surface area (TPSA) is 39.1 Å². The molecular formula is C17H22FN3. The normalized spacial score (nSPS) is 29.1. The molecule has 21 heavy (non-hydrogen) atoms. The van der Waals surface area contributed by atoms with Crippen LogP contribution < -0.4 is 5.32 Å². The molecule has 1 N–H and O–H groups in total. The van der Waals surface area contributed by atoms with Crippen LogP contribution in [0.15, 0.2) is 18.2 Å². The molecule has 1 aromatic carbocycles. The molecule has 2 unspecified atom stereocenters. The van der Waals surface area contributed by atoms with Gasteiger partial charge in [0.15, 0.2) is 0 Å². The molecule has 0 aliphatic carbocycles. The molecule has 2 heterocycles. The Morgan fingerprint density at radius 2 is 2.05 bits per heavy atom. The second kappa shape index (κ2) is 6.13. The predicted octanol–water partition coefficient (Wildman–Crippen LogP) is 2.80. The lowest BCUT2D eigenvalue weighted by atomic mass is 9.82. The minimum Gasteiger partial charge on any atom is -0.310 e. The molecule has 2 saturated heterocycles. The number of piperidine rings is 2. The molecule has 3 nitrogen and oxygen atoms in total. The van der Waals surface area contributed by atoms with Gasteiger partial charge in [-0.1, -0.05) is 6.42 Å². The Balaban J connectivity index is 1.64. The summed E-state index contributed by atoms with van der Waals surface area (Å²) in [5, 5.41) is 12.6. The van der Waals surface area contributed by atoms with E-state index in [0.29, 0.717) is 30.2 Å². The Hall–Kier alpha value is -1.44. The maximum atomic E-state index is 13.3. The second-order valence-electron chi connectivity index (χ2n) is 6.37. The van der Waals surface area contributed by atoms with Crippen LogP contribution in [0.1, 0.15) is 43.2 Å². The van der Waals surface area contributed by atoms with Crippen molar-refractivity contribution >= 4 is 0 Å². The van der Waals surface area contributed by atoms with Gasteiger partial charge in [0.05, 0.1) is 11.6 Å². The van der Waals surface area contributed by atoms with Crippen LogP contribution in [0.2, 0.25) is 0 Å². The van der Waals surface area contributed by atoms with Gasteiger partial charge in [0.2, 0.25) is 0 Å².